The molecule has 1 aliphatic rings. The predicted molar refractivity (Wildman–Crippen MR) is 107 cm³/mol. The normalized spacial score (nSPS) is 20.7. The van der Waals surface area contributed by atoms with Gasteiger partial charge in [-0.2, -0.15) is 0 Å². The van der Waals surface area contributed by atoms with E-state index in [-0.39, 0.29) is 24.6 Å². The summed E-state index contributed by atoms with van der Waals surface area (Å²) in [5.41, 5.74) is 2.53. The summed E-state index contributed by atoms with van der Waals surface area (Å²) in [4.78, 5) is 14.5. The van der Waals surface area contributed by atoms with Gasteiger partial charge in [0.1, 0.15) is 11.4 Å². The number of amides is 1. The van der Waals surface area contributed by atoms with Crippen LogP contribution in [0, 0.1) is 5.82 Å². The van der Waals surface area contributed by atoms with E-state index in [2.05, 4.69) is 6.92 Å². The van der Waals surface area contributed by atoms with Gasteiger partial charge in [-0.05, 0) is 55.0 Å². The summed E-state index contributed by atoms with van der Waals surface area (Å²) in [6.45, 7) is 4.75. The van der Waals surface area contributed by atoms with Gasteiger partial charge in [-0.25, -0.2) is 9.18 Å². The van der Waals surface area contributed by atoms with Gasteiger partial charge in [-0.1, -0.05) is 43.3 Å². The summed E-state index contributed by atoms with van der Waals surface area (Å²) in [5, 5.41) is 9.05. The van der Waals surface area contributed by atoms with Crippen LogP contribution in [-0.4, -0.2) is 34.9 Å². The minimum atomic E-state index is -0.499. The average Bonchev–Trinajstić information content (AvgIpc) is 2.70. The topological polar surface area (TPSA) is 49.8 Å². The van der Waals surface area contributed by atoms with Crippen molar-refractivity contribution in [3.05, 3.63) is 59.9 Å². The Morgan fingerprint density at radius 2 is 1.75 bits per heavy atom. The molecular formula is C23H28FNO3. The number of halogens is 1. The zero-order valence-electron chi connectivity index (χ0n) is 16.5. The number of carbonyl (C=O) groups excluding carboxylic acids is 1. The van der Waals surface area contributed by atoms with Gasteiger partial charge in [-0.15, -0.1) is 0 Å². The molecule has 150 valence electrons. The van der Waals surface area contributed by atoms with E-state index in [0.717, 1.165) is 29.5 Å². The van der Waals surface area contributed by atoms with Crippen LogP contribution in [0.5, 0.6) is 0 Å². The minimum absolute atomic E-state index is 0.0443. The fourth-order valence-corrected chi connectivity index (χ4v) is 3.86. The molecule has 0 saturated carbocycles. The highest BCUT2D eigenvalue weighted by Crippen LogP contribution is 2.34. The van der Waals surface area contributed by atoms with Crippen LogP contribution in [0.25, 0.3) is 11.1 Å². The van der Waals surface area contributed by atoms with Crippen LogP contribution in [0.4, 0.5) is 9.18 Å². The number of cyclic esters (lactones) is 1. The summed E-state index contributed by atoms with van der Waals surface area (Å²) < 4.78 is 18.9. The van der Waals surface area contributed by atoms with Gasteiger partial charge in [-0.3, -0.25) is 0 Å². The summed E-state index contributed by atoms with van der Waals surface area (Å²) >= 11 is 0. The zero-order chi connectivity index (χ0) is 20.1. The van der Waals surface area contributed by atoms with Crippen LogP contribution >= 0.6 is 0 Å². The summed E-state index contributed by atoms with van der Waals surface area (Å²) in [6, 6.07) is 14.5. The molecule has 4 nitrogen and oxygen atoms in total. The van der Waals surface area contributed by atoms with Crippen molar-refractivity contribution in [2.45, 2.75) is 51.2 Å². The first-order chi connectivity index (χ1) is 13.5. The second-order valence-electron chi connectivity index (χ2n) is 7.64. The molecule has 1 fully saturated rings. The number of hydrogen-bond donors (Lipinski definition) is 1. The first kappa shape index (κ1) is 20.3. The van der Waals surface area contributed by atoms with Crippen molar-refractivity contribution in [3.63, 3.8) is 0 Å². The molecule has 0 bridgehead atoms. The van der Waals surface area contributed by atoms with Crippen LogP contribution < -0.4 is 0 Å². The fraction of sp³-hybridized carbons (Fsp3) is 0.435. The van der Waals surface area contributed by atoms with E-state index in [1.165, 1.54) is 12.1 Å². The Bertz CT molecular complexity index is 790. The number of aliphatic hydroxyl groups excluding tert-OH is 1. The van der Waals surface area contributed by atoms with Gasteiger partial charge < -0.3 is 14.7 Å². The summed E-state index contributed by atoms with van der Waals surface area (Å²) in [5.74, 6) is -0.249. The lowest BCUT2D eigenvalue weighted by Gasteiger charge is -2.42. The van der Waals surface area contributed by atoms with E-state index in [4.69, 9.17) is 9.84 Å². The molecule has 2 aromatic rings. The Morgan fingerprint density at radius 3 is 2.29 bits per heavy atom. The lowest BCUT2D eigenvalue weighted by Crippen LogP contribution is -2.49. The SMILES string of the molecule is CC[C@@H](c1ccc(-c2ccc(F)cc2)cc1)N1CC[C@@](C)(CCCO)OC1=O. The molecular weight excluding hydrogens is 357 g/mol. The number of rotatable bonds is 7. The third-order valence-corrected chi connectivity index (χ3v) is 5.55. The number of ether oxygens (including phenoxy) is 1. The van der Waals surface area contributed by atoms with Crippen molar-refractivity contribution in [1.29, 1.82) is 0 Å². The highest BCUT2D eigenvalue weighted by atomic mass is 19.1. The molecule has 1 saturated heterocycles. The molecule has 3 rings (SSSR count). The number of carbonyl (C=O) groups is 1. The van der Waals surface area contributed by atoms with Crippen LogP contribution in [-0.2, 0) is 4.74 Å². The quantitative estimate of drug-likeness (QED) is 0.702. The minimum Gasteiger partial charge on any atom is -0.443 e. The van der Waals surface area contributed by atoms with Crippen LogP contribution in [0.3, 0.4) is 0 Å². The van der Waals surface area contributed by atoms with E-state index in [1.807, 2.05) is 31.2 Å². The van der Waals surface area contributed by atoms with Crippen LogP contribution in [0.15, 0.2) is 48.5 Å². The van der Waals surface area contributed by atoms with Crippen molar-refractivity contribution >= 4 is 6.09 Å². The molecule has 2 aromatic carbocycles. The maximum atomic E-state index is 13.1. The Kier molecular flexibility index (Phi) is 6.35. The van der Waals surface area contributed by atoms with Crippen LogP contribution in [0.2, 0.25) is 0 Å². The van der Waals surface area contributed by atoms with E-state index in [9.17, 15) is 9.18 Å². The summed E-state index contributed by atoms with van der Waals surface area (Å²) in [7, 11) is 0. The standard InChI is InChI=1S/C23H28FNO3/c1-3-21(25-15-14-23(2,13-4-16-26)28-22(25)27)19-7-5-17(6-8-19)18-9-11-20(24)12-10-18/h5-12,21,26H,3-4,13-16H2,1-2H3/t21-,23+/m0/s1. The Balaban J connectivity index is 1.73. The van der Waals surface area contributed by atoms with Crippen LogP contribution in [0.1, 0.15) is 51.1 Å². The second-order valence-corrected chi connectivity index (χ2v) is 7.64. The maximum Gasteiger partial charge on any atom is 0.410 e. The molecule has 0 aromatic heterocycles. The number of hydrogen-bond acceptors (Lipinski definition) is 3. The molecule has 28 heavy (non-hydrogen) atoms. The Hall–Kier alpha value is -2.40. The Morgan fingerprint density at radius 1 is 1.14 bits per heavy atom. The largest absolute Gasteiger partial charge is 0.443 e. The highest BCUT2D eigenvalue weighted by molar-refractivity contribution is 5.70. The van der Waals surface area contributed by atoms with Gasteiger partial charge in [0.25, 0.3) is 0 Å². The maximum absolute atomic E-state index is 13.1. The molecule has 0 radical (unpaired) electrons. The Labute approximate surface area is 165 Å². The van der Waals surface area contributed by atoms with Gasteiger partial charge in [0, 0.05) is 19.6 Å². The molecule has 2 atom stereocenters. The van der Waals surface area contributed by atoms with Crippen molar-refractivity contribution in [2.75, 3.05) is 13.2 Å². The highest BCUT2D eigenvalue weighted by Gasteiger charge is 2.38. The number of benzene rings is 2. The molecule has 0 spiro atoms. The molecule has 1 N–H and O–H groups in total. The molecule has 0 unspecified atom stereocenters. The first-order valence-electron chi connectivity index (χ1n) is 9.92. The molecule has 1 heterocycles. The first-order valence-corrected chi connectivity index (χ1v) is 9.92. The van der Waals surface area contributed by atoms with E-state index >= 15 is 0 Å². The van der Waals surface area contributed by atoms with E-state index in [1.54, 1.807) is 17.0 Å². The molecule has 5 heteroatoms. The van der Waals surface area contributed by atoms with E-state index in [0.29, 0.717) is 19.4 Å². The third-order valence-electron chi connectivity index (χ3n) is 5.55. The van der Waals surface area contributed by atoms with Crippen molar-refractivity contribution in [2.24, 2.45) is 0 Å². The third kappa shape index (κ3) is 4.53. The average molecular weight is 385 g/mol. The van der Waals surface area contributed by atoms with Crippen molar-refractivity contribution in [3.8, 4) is 11.1 Å². The van der Waals surface area contributed by atoms with Gasteiger partial charge >= 0.3 is 6.09 Å². The molecule has 1 amide bonds. The molecule has 1 aliphatic heterocycles. The number of nitrogens with zero attached hydrogens (tertiary/aromatic N) is 1. The van der Waals surface area contributed by atoms with Gasteiger partial charge in [0.15, 0.2) is 0 Å². The fourth-order valence-electron chi connectivity index (χ4n) is 3.86. The smallest absolute Gasteiger partial charge is 0.410 e. The predicted octanol–water partition coefficient (Wildman–Crippen LogP) is 5.32. The zero-order valence-corrected chi connectivity index (χ0v) is 16.5. The number of aliphatic hydroxyl groups is 1. The van der Waals surface area contributed by atoms with E-state index < -0.39 is 5.60 Å². The molecule has 0 aliphatic carbocycles. The second kappa shape index (κ2) is 8.74. The lowest BCUT2D eigenvalue weighted by atomic mass is 9.93. The van der Waals surface area contributed by atoms with Gasteiger partial charge in [0.05, 0.1) is 6.04 Å². The monoisotopic (exact) mass is 385 g/mol. The van der Waals surface area contributed by atoms with Crippen molar-refractivity contribution < 1.29 is 19.0 Å². The lowest BCUT2D eigenvalue weighted by molar-refractivity contribution is -0.0540. The van der Waals surface area contributed by atoms with Crippen molar-refractivity contribution in [1.82, 2.24) is 4.90 Å². The van der Waals surface area contributed by atoms with Gasteiger partial charge in [0.2, 0.25) is 0 Å². The summed E-state index contributed by atoms with van der Waals surface area (Å²) in [6.07, 6.45) is 2.56.